The Hall–Kier alpha value is -1.06. The number of hydrogen-bond donors (Lipinski definition) is 1. The van der Waals surface area contributed by atoms with Gasteiger partial charge in [0, 0.05) is 12.8 Å². The highest BCUT2D eigenvalue weighted by Gasteiger charge is 2.12. The number of carboxylic acid groups (broad SMARTS) is 1. The summed E-state index contributed by atoms with van der Waals surface area (Å²) in [6, 6.07) is 0. The molecule has 0 aliphatic rings. The van der Waals surface area contributed by atoms with Crippen LogP contribution in [0.3, 0.4) is 0 Å². The number of rotatable bonds is 33. The Balaban J connectivity index is 3.39. The average molecular weight is 567 g/mol. The molecule has 0 saturated carbocycles. The van der Waals surface area contributed by atoms with Crippen LogP contribution < -0.4 is 0 Å². The van der Waals surface area contributed by atoms with Gasteiger partial charge in [-0.15, -0.1) is 0 Å². The third-order valence-corrected chi connectivity index (χ3v) is 8.40. The number of carbonyl (C=O) groups is 2. The first kappa shape index (κ1) is 38.9. The second-order valence-electron chi connectivity index (χ2n) is 12.4. The van der Waals surface area contributed by atoms with E-state index in [-0.39, 0.29) is 12.1 Å². The van der Waals surface area contributed by atoms with Crippen molar-refractivity contribution in [1.29, 1.82) is 0 Å². The van der Waals surface area contributed by atoms with E-state index in [4.69, 9.17) is 9.84 Å². The van der Waals surface area contributed by atoms with Gasteiger partial charge in [-0.25, -0.2) is 0 Å². The summed E-state index contributed by atoms with van der Waals surface area (Å²) in [6.45, 7) is 4.42. The van der Waals surface area contributed by atoms with Gasteiger partial charge in [-0.3, -0.25) is 9.59 Å². The van der Waals surface area contributed by atoms with E-state index in [1.807, 2.05) is 0 Å². The lowest BCUT2D eigenvalue weighted by atomic mass is 10.0. The summed E-state index contributed by atoms with van der Waals surface area (Å²) in [7, 11) is 0. The Morgan fingerprint density at radius 3 is 1.15 bits per heavy atom. The minimum Gasteiger partial charge on any atom is -0.481 e. The van der Waals surface area contributed by atoms with Crippen LogP contribution in [-0.2, 0) is 14.3 Å². The van der Waals surface area contributed by atoms with Gasteiger partial charge in [0.05, 0.1) is 0 Å². The summed E-state index contributed by atoms with van der Waals surface area (Å²) in [5.74, 6) is -0.644. The monoisotopic (exact) mass is 567 g/mol. The number of unbranched alkanes of at least 4 members (excludes halogenated alkanes) is 25. The van der Waals surface area contributed by atoms with Gasteiger partial charge in [-0.05, 0) is 32.1 Å². The fourth-order valence-electron chi connectivity index (χ4n) is 5.65. The maximum Gasteiger partial charge on any atom is 0.306 e. The fraction of sp³-hybridized carbons (Fsp3) is 0.944. The normalized spacial score (nSPS) is 12.1. The Morgan fingerprint density at radius 2 is 0.800 bits per heavy atom. The van der Waals surface area contributed by atoms with E-state index in [1.165, 1.54) is 154 Å². The molecule has 1 N–H and O–H groups in total. The number of carbonyl (C=O) groups excluding carboxylic acids is 1. The number of hydrogen-bond acceptors (Lipinski definition) is 3. The summed E-state index contributed by atoms with van der Waals surface area (Å²) in [4.78, 5) is 22.7. The molecule has 4 nitrogen and oxygen atoms in total. The Labute approximate surface area is 250 Å². The van der Waals surface area contributed by atoms with Crippen LogP contribution in [0.1, 0.15) is 213 Å². The molecule has 0 aliphatic heterocycles. The van der Waals surface area contributed by atoms with E-state index in [1.54, 1.807) is 0 Å². The number of ether oxygens (including phenoxy) is 1. The fourth-order valence-corrected chi connectivity index (χ4v) is 5.65. The molecule has 0 aromatic carbocycles. The van der Waals surface area contributed by atoms with Crippen LogP contribution >= 0.6 is 0 Å². The Morgan fingerprint density at radius 1 is 0.475 bits per heavy atom. The molecule has 0 spiro atoms. The molecule has 0 radical (unpaired) electrons. The van der Waals surface area contributed by atoms with E-state index in [0.29, 0.717) is 12.8 Å². The number of aliphatic carboxylic acids is 1. The van der Waals surface area contributed by atoms with Gasteiger partial charge in [0.1, 0.15) is 6.10 Å². The van der Waals surface area contributed by atoms with Crippen LogP contribution in [0, 0.1) is 0 Å². The molecule has 0 rings (SSSR count). The van der Waals surface area contributed by atoms with Gasteiger partial charge < -0.3 is 9.84 Å². The number of esters is 1. The third-order valence-electron chi connectivity index (χ3n) is 8.40. The first-order valence-electron chi connectivity index (χ1n) is 18.0. The van der Waals surface area contributed by atoms with Gasteiger partial charge in [-0.2, -0.15) is 0 Å². The number of carboxylic acids is 1. The lowest BCUT2D eigenvalue weighted by molar-refractivity contribution is -0.149. The third kappa shape index (κ3) is 31.5. The molecule has 0 heterocycles. The van der Waals surface area contributed by atoms with Gasteiger partial charge in [0.2, 0.25) is 0 Å². The SMILES string of the molecule is CCCCCCCCCCCCCCCC(=O)OC(CC)CCCCCCCCCCCCCCCCC(=O)O. The van der Waals surface area contributed by atoms with Crippen LogP contribution in [0.15, 0.2) is 0 Å². The molecule has 0 bridgehead atoms. The minimum atomic E-state index is -0.666. The first-order valence-corrected chi connectivity index (χ1v) is 18.0. The van der Waals surface area contributed by atoms with Crippen molar-refractivity contribution in [1.82, 2.24) is 0 Å². The molecule has 0 aromatic heterocycles. The van der Waals surface area contributed by atoms with Crippen molar-refractivity contribution in [3.63, 3.8) is 0 Å². The zero-order valence-corrected chi connectivity index (χ0v) is 27.2. The van der Waals surface area contributed by atoms with Gasteiger partial charge in [0.25, 0.3) is 0 Å². The maximum atomic E-state index is 12.3. The Bertz CT molecular complexity index is 533. The van der Waals surface area contributed by atoms with Crippen molar-refractivity contribution in [3.8, 4) is 0 Å². The van der Waals surface area contributed by atoms with Gasteiger partial charge in [0.15, 0.2) is 0 Å². The van der Waals surface area contributed by atoms with Crippen LogP contribution in [0.5, 0.6) is 0 Å². The van der Waals surface area contributed by atoms with Gasteiger partial charge >= 0.3 is 11.9 Å². The highest BCUT2D eigenvalue weighted by Crippen LogP contribution is 2.17. The van der Waals surface area contributed by atoms with Crippen LogP contribution in [0.4, 0.5) is 0 Å². The zero-order chi connectivity index (χ0) is 29.4. The molecular formula is C36H70O4. The van der Waals surface area contributed by atoms with E-state index in [0.717, 1.165) is 32.1 Å². The van der Waals surface area contributed by atoms with E-state index in [9.17, 15) is 9.59 Å². The lowest BCUT2D eigenvalue weighted by Gasteiger charge is -2.16. The first-order chi connectivity index (χ1) is 19.6. The molecular weight excluding hydrogens is 496 g/mol. The molecule has 1 unspecified atom stereocenters. The molecule has 0 aliphatic carbocycles. The van der Waals surface area contributed by atoms with E-state index < -0.39 is 5.97 Å². The quantitative estimate of drug-likeness (QED) is 0.0633. The summed E-state index contributed by atoms with van der Waals surface area (Å²) in [5, 5.41) is 8.64. The predicted octanol–water partition coefficient (Wildman–Crippen LogP) is 12.1. The van der Waals surface area contributed by atoms with E-state index >= 15 is 0 Å². The highest BCUT2D eigenvalue weighted by atomic mass is 16.5. The molecule has 238 valence electrons. The molecule has 0 aromatic rings. The van der Waals surface area contributed by atoms with Crippen LogP contribution in [-0.4, -0.2) is 23.1 Å². The van der Waals surface area contributed by atoms with Crippen molar-refractivity contribution in [2.75, 3.05) is 0 Å². The van der Waals surface area contributed by atoms with E-state index in [2.05, 4.69) is 13.8 Å². The molecule has 0 fully saturated rings. The summed E-state index contributed by atoms with van der Waals surface area (Å²) < 4.78 is 5.77. The van der Waals surface area contributed by atoms with Crippen molar-refractivity contribution >= 4 is 11.9 Å². The molecule has 40 heavy (non-hydrogen) atoms. The van der Waals surface area contributed by atoms with Crippen LogP contribution in [0.25, 0.3) is 0 Å². The molecule has 1 atom stereocenters. The van der Waals surface area contributed by atoms with Crippen molar-refractivity contribution in [3.05, 3.63) is 0 Å². The second-order valence-corrected chi connectivity index (χ2v) is 12.4. The predicted molar refractivity (Wildman–Crippen MR) is 172 cm³/mol. The smallest absolute Gasteiger partial charge is 0.306 e. The van der Waals surface area contributed by atoms with Gasteiger partial charge in [-0.1, -0.05) is 168 Å². The van der Waals surface area contributed by atoms with Crippen molar-refractivity contribution in [2.45, 2.75) is 219 Å². The molecule has 0 saturated heterocycles. The van der Waals surface area contributed by atoms with Crippen molar-refractivity contribution in [2.24, 2.45) is 0 Å². The lowest BCUT2D eigenvalue weighted by Crippen LogP contribution is -2.17. The minimum absolute atomic E-state index is 0.0214. The summed E-state index contributed by atoms with van der Waals surface area (Å²) >= 11 is 0. The standard InChI is InChI=1S/C36H70O4/c1-3-5-6-7-8-9-10-13-18-21-24-27-30-33-36(39)40-34(4-2)31-28-25-22-19-16-14-11-12-15-17-20-23-26-29-32-35(37)38/h34H,3-33H2,1-2H3,(H,37,38). The molecule has 4 heteroatoms. The molecule has 0 amide bonds. The second kappa shape index (κ2) is 32.5. The highest BCUT2D eigenvalue weighted by molar-refractivity contribution is 5.69. The van der Waals surface area contributed by atoms with Crippen molar-refractivity contribution < 1.29 is 19.4 Å². The Kier molecular flexibility index (Phi) is 31.6. The summed E-state index contributed by atoms with van der Waals surface area (Å²) in [6.07, 6.45) is 37.7. The zero-order valence-electron chi connectivity index (χ0n) is 27.2. The summed E-state index contributed by atoms with van der Waals surface area (Å²) in [5.41, 5.74) is 0. The largest absolute Gasteiger partial charge is 0.481 e. The van der Waals surface area contributed by atoms with Crippen LogP contribution in [0.2, 0.25) is 0 Å². The average Bonchev–Trinajstić information content (AvgIpc) is 2.94. The topological polar surface area (TPSA) is 63.6 Å². The maximum absolute atomic E-state index is 12.3.